The summed E-state index contributed by atoms with van der Waals surface area (Å²) in [6.07, 6.45) is 0.963. The molecule has 0 N–H and O–H groups in total. The normalized spacial score (nSPS) is 13.7. The number of hydrogen-bond donors (Lipinski definition) is 0. The van der Waals surface area contributed by atoms with Crippen molar-refractivity contribution >= 4 is 35.9 Å². The van der Waals surface area contributed by atoms with Crippen LogP contribution in [-0.2, 0) is 21.7 Å². The van der Waals surface area contributed by atoms with Crippen LogP contribution in [0.2, 0.25) is 0 Å². The molecule has 3 aromatic carbocycles. The third kappa shape index (κ3) is 7.93. The van der Waals surface area contributed by atoms with E-state index in [1.54, 1.807) is 10.0 Å². The van der Waals surface area contributed by atoms with Crippen LogP contribution in [0.1, 0.15) is 11.1 Å². The van der Waals surface area contributed by atoms with Crippen LogP contribution < -0.4 is 5.19 Å². The van der Waals surface area contributed by atoms with E-state index in [0.29, 0.717) is 24.6 Å². The van der Waals surface area contributed by atoms with Gasteiger partial charge in [0.05, 0.1) is 0 Å². The van der Waals surface area contributed by atoms with Gasteiger partial charge in [-0.1, -0.05) is 102 Å². The molecule has 1 unspecified atom stereocenters. The Morgan fingerprint density at radius 1 is 0.647 bits per heavy atom. The van der Waals surface area contributed by atoms with Crippen molar-refractivity contribution in [2.24, 2.45) is 10.2 Å². The quantitative estimate of drug-likeness (QED) is 0.146. The van der Waals surface area contributed by atoms with Gasteiger partial charge in [-0.15, -0.1) is 10.2 Å². The standard InChI is InChI=1S/C26H31ClN4O2Si/c1-30(2)28-25(20-22-14-8-5-9-15-22)32-34(27,24-18-12-7-13-19-24)33-26(29-31(3)4)21-23-16-10-6-11-17-23/h5-19H,20-21H2,1-4H3/b28-25-,29-26+. The molecule has 0 aliphatic carbocycles. The highest BCUT2D eigenvalue weighted by atomic mass is 35.6. The molecule has 0 bridgehead atoms. The maximum atomic E-state index is 7.25. The molecule has 0 aliphatic heterocycles. The van der Waals surface area contributed by atoms with E-state index in [9.17, 15) is 0 Å². The number of hydrazone groups is 2. The minimum atomic E-state index is -3.54. The van der Waals surface area contributed by atoms with Gasteiger partial charge in [-0.05, 0) is 11.1 Å². The van der Waals surface area contributed by atoms with Gasteiger partial charge in [0.25, 0.3) is 0 Å². The summed E-state index contributed by atoms with van der Waals surface area (Å²) in [6.45, 7) is 0. The Morgan fingerprint density at radius 2 is 1.00 bits per heavy atom. The Balaban J connectivity index is 1.97. The Morgan fingerprint density at radius 3 is 1.35 bits per heavy atom. The predicted octanol–water partition coefficient (Wildman–Crippen LogP) is 4.34. The van der Waals surface area contributed by atoms with Crippen LogP contribution in [0.5, 0.6) is 0 Å². The Labute approximate surface area is 208 Å². The van der Waals surface area contributed by atoms with E-state index in [0.717, 1.165) is 16.3 Å². The molecule has 0 saturated carbocycles. The highest BCUT2D eigenvalue weighted by Gasteiger charge is 2.46. The molecule has 0 amide bonds. The van der Waals surface area contributed by atoms with Crippen LogP contribution in [0.15, 0.2) is 101 Å². The molecule has 0 saturated heterocycles. The zero-order valence-corrected chi connectivity index (χ0v) is 21.8. The summed E-state index contributed by atoms with van der Waals surface area (Å²) in [4.78, 5) is 0. The van der Waals surface area contributed by atoms with Crippen LogP contribution in [0.3, 0.4) is 0 Å². The lowest BCUT2D eigenvalue weighted by atomic mass is 10.1. The third-order valence-electron chi connectivity index (χ3n) is 4.64. The maximum absolute atomic E-state index is 7.25. The molecule has 0 heterocycles. The number of benzene rings is 3. The Bertz CT molecular complexity index is 1010. The molecule has 34 heavy (non-hydrogen) atoms. The van der Waals surface area contributed by atoms with Gasteiger partial charge in [-0.25, -0.2) is 0 Å². The molecule has 0 spiro atoms. The zero-order valence-electron chi connectivity index (χ0n) is 20.1. The number of nitrogens with zero attached hydrogens (tertiary/aromatic N) is 4. The van der Waals surface area contributed by atoms with Gasteiger partial charge in [-0.2, -0.15) is 0 Å². The lowest BCUT2D eigenvalue weighted by molar-refractivity contribution is 0.359. The lowest BCUT2D eigenvalue weighted by Crippen LogP contribution is -2.52. The van der Waals surface area contributed by atoms with E-state index in [1.165, 1.54) is 0 Å². The Kier molecular flexibility index (Phi) is 9.13. The lowest BCUT2D eigenvalue weighted by Gasteiger charge is -2.28. The third-order valence-corrected chi connectivity index (χ3v) is 7.77. The minimum Gasteiger partial charge on any atom is -0.485 e. The summed E-state index contributed by atoms with van der Waals surface area (Å²) in [7, 11) is 3.87. The molecule has 6 nitrogen and oxygen atoms in total. The highest BCUT2D eigenvalue weighted by Crippen LogP contribution is 2.19. The van der Waals surface area contributed by atoms with Gasteiger partial charge in [-0.3, -0.25) is 10.0 Å². The fourth-order valence-corrected chi connectivity index (χ4v) is 5.86. The minimum absolute atomic E-state index is 0.477. The van der Waals surface area contributed by atoms with Crippen LogP contribution in [0.25, 0.3) is 0 Å². The molecule has 0 radical (unpaired) electrons. The van der Waals surface area contributed by atoms with E-state index in [4.69, 9.17) is 19.9 Å². The van der Waals surface area contributed by atoms with Gasteiger partial charge < -0.3 is 8.85 Å². The number of hydrogen-bond acceptors (Lipinski definition) is 6. The summed E-state index contributed by atoms with van der Waals surface area (Å²) >= 11 is 7.25. The maximum Gasteiger partial charge on any atom is 0.607 e. The summed E-state index contributed by atoms with van der Waals surface area (Å²) < 4.78 is 13.0. The van der Waals surface area contributed by atoms with Crippen molar-refractivity contribution in [2.45, 2.75) is 12.8 Å². The first-order valence-corrected chi connectivity index (χ1v) is 13.9. The second-order valence-electron chi connectivity index (χ2n) is 8.11. The van der Waals surface area contributed by atoms with Gasteiger partial charge in [0.1, 0.15) is 0 Å². The van der Waals surface area contributed by atoms with Crippen molar-refractivity contribution in [2.75, 3.05) is 28.2 Å². The van der Waals surface area contributed by atoms with Crippen LogP contribution >= 0.6 is 11.1 Å². The van der Waals surface area contributed by atoms with Crippen molar-refractivity contribution in [3.05, 3.63) is 102 Å². The monoisotopic (exact) mass is 494 g/mol. The SMILES string of the molecule is CN(C)/N=C(/Cc1ccccc1)O[Si](Cl)(O/C(Cc1ccccc1)=N/N(C)C)c1ccccc1. The molecule has 178 valence electrons. The van der Waals surface area contributed by atoms with E-state index < -0.39 is 7.87 Å². The molecule has 8 heteroatoms. The summed E-state index contributed by atoms with van der Waals surface area (Å²) in [5, 5.41) is 13.3. The van der Waals surface area contributed by atoms with E-state index in [2.05, 4.69) is 10.2 Å². The van der Waals surface area contributed by atoms with Crippen LogP contribution in [0.4, 0.5) is 0 Å². The molecule has 0 aromatic heterocycles. The van der Waals surface area contributed by atoms with Gasteiger partial charge in [0.2, 0.25) is 0 Å². The first-order chi connectivity index (χ1) is 16.3. The molecule has 3 aromatic rings. The second kappa shape index (κ2) is 12.2. The van der Waals surface area contributed by atoms with Gasteiger partial charge in [0, 0.05) is 46.2 Å². The molecule has 0 aliphatic rings. The molecule has 0 fully saturated rings. The first-order valence-electron chi connectivity index (χ1n) is 11.0. The summed E-state index contributed by atoms with van der Waals surface area (Å²) in [6, 6.07) is 29.7. The zero-order chi connectivity index (χ0) is 24.4. The second-order valence-corrected chi connectivity index (χ2v) is 11.7. The van der Waals surface area contributed by atoms with E-state index in [-0.39, 0.29) is 0 Å². The van der Waals surface area contributed by atoms with Gasteiger partial charge >= 0.3 is 7.87 Å². The Hall–Kier alpha value is -3.29. The topological polar surface area (TPSA) is 49.7 Å². The van der Waals surface area contributed by atoms with Gasteiger partial charge in [0.15, 0.2) is 11.8 Å². The van der Waals surface area contributed by atoms with Crippen molar-refractivity contribution < 1.29 is 8.85 Å². The largest absolute Gasteiger partial charge is 0.607 e. The average Bonchev–Trinajstić information content (AvgIpc) is 2.80. The molecular formula is C26H31ClN4O2Si. The summed E-state index contributed by atoms with van der Waals surface area (Å²) in [5.41, 5.74) is 2.13. The molecule has 3 rings (SSSR count). The van der Waals surface area contributed by atoms with E-state index >= 15 is 0 Å². The van der Waals surface area contributed by atoms with Crippen molar-refractivity contribution in [1.82, 2.24) is 10.0 Å². The number of rotatable bonds is 9. The van der Waals surface area contributed by atoms with Crippen LogP contribution in [0, 0.1) is 0 Å². The number of halogens is 1. The van der Waals surface area contributed by atoms with Crippen molar-refractivity contribution in [3.8, 4) is 0 Å². The summed E-state index contributed by atoms with van der Waals surface area (Å²) in [5.74, 6) is 0.955. The smallest absolute Gasteiger partial charge is 0.485 e. The van der Waals surface area contributed by atoms with Crippen molar-refractivity contribution in [1.29, 1.82) is 0 Å². The van der Waals surface area contributed by atoms with Crippen molar-refractivity contribution in [3.63, 3.8) is 0 Å². The molecular weight excluding hydrogens is 464 g/mol. The fourth-order valence-electron chi connectivity index (χ4n) is 3.25. The predicted molar refractivity (Wildman–Crippen MR) is 142 cm³/mol. The van der Waals surface area contributed by atoms with E-state index in [1.807, 2.05) is 119 Å². The average molecular weight is 495 g/mol. The van der Waals surface area contributed by atoms with Crippen LogP contribution in [-0.4, -0.2) is 57.9 Å². The highest BCUT2D eigenvalue weighted by molar-refractivity contribution is 7.21. The first kappa shape index (κ1) is 25.3. The molecule has 1 atom stereocenters. The fraction of sp³-hybridized carbons (Fsp3) is 0.231.